The lowest BCUT2D eigenvalue weighted by atomic mass is 10.3. The average molecular weight is 434 g/mol. The topological polar surface area (TPSA) is 84.5 Å². The molecule has 0 unspecified atom stereocenters. The van der Waals surface area contributed by atoms with Crippen LogP contribution >= 0.6 is 27.5 Å². The van der Waals surface area contributed by atoms with Crippen molar-refractivity contribution in [3.05, 3.63) is 45.9 Å². The number of hydrogen-bond donors (Lipinski definition) is 2. The molecular formula is C15H14BrClN2O4S. The highest BCUT2D eigenvalue weighted by atomic mass is 79.9. The Morgan fingerprint density at radius 3 is 2.50 bits per heavy atom. The van der Waals surface area contributed by atoms with Crippen LogP contribution < -0.4 is 14.8 Å². The molecule has 0 fully saturated rings. The first-order valence-electron chi connectivity index (χ1n) is 6.66. The highest BCUT2D eigenvalue weighted by Crippen LogP contribution is 2.36. The predicted molar refractivity (Wildman–Crippen MR) is 97.3 cm³/mol. The number of rotatable bonds is 5. The molecule has 2 N–H and O–H groups in total. The van der Waals surface area contributed by atoms with Crippen LogP contribution in [0.4, 0.5) is 11.4 Å². The van der Waals surface area contributed by atoms with Crippen molar-refractivity contribution in [1.82, 2.24) is 0 Å². The summed E-state index contributed by atoms with van der Waals surface area (Å²) in [5.41, 5.74) is 0.765. The van der Waals surface area contributed by atoms with Crippen molar-refractivity contribution in [2.75, 3.05) is 17.1 Å². The van der Waals surface area contributed by atoms with E-state index in [2.05, 4.69) is 26.0 Å². The van der Waals surface area contributed by atoms with Gasteiger partial charge in [0.15, 0.2) is 5.75 Å². The van der Waals surface area contributed by atoms with E-state index >= 15 is 0 Å². The van der Waals surface area contributed by atoms with Crippen molar-refractivity contribution in [3.63, 3.8) is 0 Å². The summed E-state index contributed by atoms with van der Waals surface area (Å²) < 4.78 is 33.3. The molecule has 0 radical (unpaired) electrons. The van der Waals surface area contributed by atoms with Crippen LogP contribution in [0, 0.1) is 0 Å². The number of anilines is 2. The molecule has 2 aromatic rings. The molecule has 0 aliphatic rings. The average Bonchev–Trinajstić information content (AvgIpc) is 2.45. The number of sulfonamides is 1. The van der Waals surface area contributed by atoms with Crippen LogP contribution in [-0.2, 0) is 14.8 Å². The molecule has 0 aliphatic carbocycles. The number of carbonyl (C=O) groups excluding carboxylic acids is 1. The Kier molecular flexibility index (Phi) is 5.74. The largest absolute Gasteiger partial charge is 0.494 e. The SMILES string of the molecule is COc1c(Br)cc(Cl)cc1S(=O)(=O)Nc1cccc(NC(C)=O)c1. The molecule has 128 valence electrons. The van der Waals surface area contributed by atoms with Gasteiger partial charge in [0.2, 0.25) is 5.91 Å². The lowest BCUT2D eigenvalue weighted by molar-refractivity contribution is -0.114. The fraction of sp³-hybridized carbons (Fsp3) is 0.133. The molecule has 6 nitrogen and oxygen atoms in total. The Balaban J connectivity index is 2.41. The predicted octanol–water partition coefficient (Wildman–Crippen LogP) is 3.87. The smallest absolute Gasteiger partial charge is 0.265 e. The first-order valence-corrected chi connectivity index (χ1v) is 9.32. The third kappa shape index (κ3) is 4.40. The standard InChI is InChI=1S/C15H14BrClN2O4S/c1-9(20)18-11-4-3-5-12(8-11)19-24(21,22)14-7-10(17)6-13(16)15(14)23-2/h3-8,19H,1-2H3,(H,18,20). The van der Waals surface area contributed by atoms with Crippen LogP contribution in [0.2, 0.25) is 5.02 Å². The van der Waals surface area contributed by atoms with Gasteiger partial charge in [-0.3, -0.25) is 9.52 Å². The normalized spacial score (nSPS) is 11.0. The third-order valence-corrected chi connectivity index (χ3v) is 5.10. The van der Waals surface area contributed by atoms with E-state index < -0.39 is 10.0 Å². The number of amides is 1. The first kappa shape index (κ1) is 18.6. The zero-order chi connectivity index (χ0) is 17.9. The summed E-state index contributed by atoms with van der Waals surface area (Å²) in [7, 11) is -2.58. The Hall–Kier alpha value is -1.77. The minimum Gasteiger partial charge on any atom is -0.494 e. The second-order valence-electron chi connectivity index (χ2n) is 4.79. The Morgan fingerprint density at radius 1 is 1.21 bits per heavy atom. The maximum atomic E-state index is 12.7. The number of methoxy groups -OCH3 is 1. The Morgan fingerprint density at radius 2 is 1.88 bits per heavy atom. The number of benzene rings is 2. The maximum Gasteiger partial charge on any atom is 0.265 e. The summed E-state index contributed by atoms with van der Waals surface area (Å²) in [6, 6.07) is 9.17. The van der Waals surface area contributed by atoms with Gasteiger partial charge in [-0.25, -0.2) is 8.42 Å². The second kappa shape index (κ2) is 7.42. The summed E-state index contributed by atoms with van der Waals surface area (Å²) >= 11 is 9.17. The molecule has 0 bridgehead atoms. The highest BCUT2D eigenvalue weighted by molar-refractivity contribution is 9.10. The number of carbonyl (C=O) groups is 1. The quantitative estimate of drug-likeness (QED) is 0.749. The van der Waals surface area contributed by atoms with Crippen LogP contribution in [0.15, 0.2) is 45.8 Å². The van der Waals surface area contributed by atoms with Crippen molar-refractivity contribution in [2.45, 2.75) is 11.8 Å². The summed E-state index contributed by atoms with van der Waals surface area (Å²) in [5.74, 6) is -0.111. The van der Waals surface area contributed by atoms with Crippen LogP contribution in [0.1, 0.15) is 6.92 Å². The minimum atomic E-state index is -3.95. The fourth-order valence-electron chi connectivity index (χ4n) is 2.01. The van der Waals surface area contributed by atoms with Crippen molar-refractivity contribution >= 4 is 54.8 Å². The number of halogens is 2. The third-order valence-electron chi connectivity index (χ3n) is 2.90. The zero-order valence-corrected chi connectivity index (χ0v) is 15.9. The van der Waals surface area contributed by atoms with Crippen LogP contribution in [0.25, 0.3) is 0 Å². The molecule has 0 saturated carbocycles. The molecule has 0 spiro atoms. The summed E-state index contributed by atoms with van der Waals surface area (Å²) in [6.07, 6.45) is 0. The summed E-state index contributed by atoms with van der Waals surface area (Å²) in [5, 5.41) is 2.83. The van der Waals surface area contributed by atoms with Crippen molar-refractivity contribution in [1.29, 1.82) is 0 Å². The van der Waals surface area contributed by atoms with E-state index in [0.717, 1.165) is 0 Å². The van der Waals surface area contributed by atoms with E-state index in [1.807, 2.05) is 0 Å². The molecule has 9 heteroatoms. The van der Waals surface area contributed by atoms with Crippen LogP contribution in [0.5, 0.6) is 5.75 Å². The molecule has 0 atom stereocenters. The highest BCUT2D eigenvalue weighted by Gasteiger charge is 2.23. The van der Waals surface area contributed by atoms with E-state index in [0.29, 0.717) is 15.8 Å². The molecular weight excluding hydrogens is 420 g/mol. The lowest BCUT2D eigenvalue weighted by Gasteiger charge is -2.14. The zero-order valence-electron chi connectivity index (χ0n) is 12.8. The maximum absolute atomic E-state index is 12.7. The van der Waals surface area contributed by atoms with Crippen LogP contribution in [0.3, 0.4) is 0 Å². The molecule has 0 saturated heterocycles. The van der Waals surface area contributed by atoms with Crippen molar-refractivity contribution in [2.24, 2.45) is 0 Å². The van der Waals surface area contributed by atoms with E-state index in [1.54, 1.807) is 18.2 Å². The van der Waals surface area contributed by atoms with Gasteiger partial charge in [-0.2, -0.15) is 0 Å². The Labute approximate surface area is 153 Å². The number of hydrogen-bond acceptors (Lipinski definition) is 4. The van der Waals surface area contributed by atoms with E-state index in [4.69, 9.17) is 16.3 Å². The van der Waals surface area contributed by atoms with E-state index in [1.165, 1.54) is 32.2 Å². The monoisotopic (exact) mass is 432 g/mol. The Bertz CT molecular complexity index is 887. The van der Waals surface area contributed by atoms with Gasteiger partial charge in [0.25, 0.3) is 10.0 Å². The van der Waals surface area contributed by atoms with Crippen molar-refractivity contribution in [3.8, 4) is 5.75 Å². The van der Waals surface area contributed by atoms with Gasteiger partial charge in [-0.1, -0.05) is 17.7 Å². The fourth-order valence-corrected chi connectivity index (χ4v) is 4.44. The van der Waals surface area contributed by atoms with Gasteiger partial charge in [0, 0.05) is 17.6 Å². The van der Waals surface area contributed by atoms with Gasteiger partial charge >= 0.3 is 0 Å². The number of nitrogens with one attached hydrogen (secondary N) is 2. The molecule has 2 aromatic carbocycles. The summed E-state index contributed by atoms with van der Waals surface area (Å²) in [6.45, 7) is 1.37. The first-order chi connectivity index (χ1) is 11.2. The van der Waals surface area contributed by atoms with Crippen molar-refractivity contribution < 1.29 is 17.9 Å². The molecule has 1 amide bonds. The summed E-state index contributed by atoms with van der Waals surface area (Å²) in [4.78, 5) is 11.0. The number of ether oxygens (including phenoxy) is 1. The van der Waals surface area contributed by atoms with Crippen LogP contribution in [-0.4, -0.2) is 21.4 Å². The second-order valence-corrected chi connectivity index (χ2v) is 7.73. The molecule has 0 aromatic heterocycles. The lowest BCUT2D eigenvalue weighted by Crippen LogP contribution is -2.15. The molecule has 0 heterocycles. The minimum absolute atomic E-state index is 0.102. The van der Waals surface area contributed by atoms with Gasteiger partial charge in [0.05, 0.1) is 17.3 Å². The van der Waals surface area contributed by atoms with Gasteiger partial charge in [-0.05, 0) is 46.3 Å². The van der Waals surface area contributed by atoms with Gasteiger partial charge in [0.1, 0.15) is 4.90 Å². The van der Waals surface area contributed by atoms with Gasteiger partial charge < -0.3 is 10.1 Å². The van der Waals surface area contributed by atoms with E-state index in [-0.39, 0.29) is 21.6 Å². The molecule has 24 heavy (non-hydrogen) atoms. The van der Waals surface area contributed by atoms with Gasteiger partial charge in [-0.15, -0.1) is 0 Å². The molecule has 2 rings (SSSR count). The van der Waals surface area contributed by atoms with E-state index in [9.17, 15) is 13.2 Å². The molecule has 0 aliphatic heterocycles.